The van der Waals surface area contributed by atoms with E-state index in [4.69, 9.17) is 25.4 Å². The van der Waals surface area contributed by atoms with Crippen LogP contribution in [0.3, 0.4) is 0 Å². The van der Waals surface area contributed by atoms with E-state index in [2.05, 4.69) is 0 Å². The number of rotatable bonds is 4. The van der Waals surface area contributed by atoms with Gasteiger partial charge in [-0.3, -0.25) is 0 Å². The van der Waals surface area contributed by atoms with Crippen molar-refractivity contribution in [1.82, 2.24) is 0 Å². The molecule has 0 unspecified atom stereocenters. The number of nitrogens with zero attached hydrogens (tertiary/aromatic N) is 1. The molecule has 0 N–H and O–H groups in total. The smallest absolute Gasteiger partial charge is 0.236 e. The highest BCUT2D eigenvalue weighted by Crippen LogP contribution is 2.34. The maximum Gasteiger partial charge on any atom is 0.236 e. The van der Waals surface area contributed by atoms with Crippen molar-refractivity contribution >= 4 is 19.7 Å². The molecule has 1 rings (SSSR count). The van der Waals surface area contributed by atoms with Gasteiger partial charge in [0.25, 0.3) is 0 Å². The second-order valence-corrected chi connectivity index (χ2v) is 5.94. The average Bonchev–Trinajstić information content (AvgIpc) is 2.25. The molecule has 0 aliphatic carbocycles. The summed E-state index contributed by atoms with van der Waals surface area (Å²) >= 11 is 0. The zero-order chi connectivity index (χ0) is 13.1. The van der Waals surface area contributed by atoms with Gasteiger partial charge in [-0.2, -0.15) is 5.26 Å². The molecule has 0 saturated carbocycles. The fourth-order valence-electron chi connectivity index (χ4n) is 1.40. The molecule has 5 nitrogen and oxygen atoms in total. The summed E-state index contributed by atoms with van der Waals surface area (Å²) in [7, 11) is 4.23. The van der Waals surface area contributed by atoms with Crippen molar-refractivity contribution in [2.45, 2.75) is 5.75 Å². The molecule has 0 saturated heterocycles. The van der Waals surface area contributed by atoms with Gasteiger partial charge in [-0.05, 0) is 6.07 Å². The SMILES string of the molecule is COc1cc(C#N)cc(CS(=O)(=O)Cl)c1OC. The molecule has 0 bridgehead atoms. The summed E-state index contributed by atoms with van der Waals surface area (Å²) in [5, 5.41) is 8.82. The molecular formula is C10H10ClNO4S. The maximum absolute atomic E-state index is 11.1. The van der Waals surface area contributed by atoms with E-state index in [0.29, 0.717) is 11.3 Å². The number of halogens is 1. The van der Waals surface area contributed by atoms with Crippen LogP contribution in [0.15, 0.2) is 12.1 Å². The normalized spacial score (nSPS) is 10.7. The van der Waals surface area contributed by atoms with Gasteiger partial charge >= 0.3 is 0 Å². The van der Waals surface area contributed by atoms with Gasteiger partial charge in [0.15, 0.2) is 11.5 Å². The molecule has 0 fully saturated rings. The molecule has 1 aromatic rings. The highest BCUT2D eigenvalue weighted by atomic mass is 35.7. The van der Waals surface area contributed by atoms with Crippen LogP contribution in [0.5, 0.6) is 11.5 Å². The third kappa shape index (κ3) is 3.51. The van der Waals surface area contributed by atoms with E-state index in [-0.39, 0.29) is 11.3 Å². The predicted molar refractivity (Wildman–Crippen MR) is 62.7 cm³/mol. The molecule has 0 aliphatic rings. The van der Waals surface area contributed by atoms with Crippen LogP contribution in [0.1, 0.15) is 11.1 Å². The van der Waals surface area contributed by atoms with Gasteiger partial charge in [0.2, 0.25) is 9.05 Å². The molecule has 0 radical (unpaired) electrons. The van der Waals surface area contributed by atoms with Crippen LogP contribution >= 0.6 is 10.7 Å². The van der Waals surface area contributed by atoms with Crippen molar-refractivity contribution in [3.8, 4) is 17.6 Å². The number of methoxy groups -OCH3 is 2. The van der Waals surface area contributed by atoms with Gasteiger partial charge in [-0.25, -0.2) is 8.42 Å². The van der Waals surface area contributed by atoms with Crippen molar-refractivity contribution in [1.29, 1.82) is 5.26 Å². The third-order valence-electron chi connectivity index (χ3n) is 2.01. The van der Waals surface area contributed by atoms with Crippen molar-refractivity contribution in [3.63, 3.8) is 0 Å². The molecule has 0 aliphatic heterocycles. The summed E-state index contributed by atoms with van der Waals surface area (Å²) in [5.41, 5.74) is 0.566. The summed E-state index contributed by atoms with van der Waals surface area (Å²) in [6.07, 6.45) is 0. The number of hydrogen-bond donors (Lipinski definition) is 0. The molecule has 0 spiro atoms. The first-order chi connectivity index (χ1) is 7.91. The average molecular weight is 276 g/mol. The summed E-state index contributed by atoms with van der Waals surface area (Å²) in [6.45, 7) is 0. The lowest BCUT2D eigenvalue weighted by atomic mass is 10.1. The van der Waals surface area contributed by atoms with Crippen LogP contribution in [0, 0.1) is 11.3 Å². The number of nitriles is 1. The highest BCUT2D eigenvalue weighted by Gasteiger charge is 2.17. The van der Waals surface area contributed by atoms with E-state index in [1.165, 1.54) is 26.4 Å². The Hall–Kier alpha value is -1.45. The summed E-state index contributed by atoms with van der Waals surface area (Å²) in [5.74, 6) is 0.126. The lowest BCUT2D eigenvalue weighted by molar-refractivity contribution is 0.352. The Morgan fingerprint density at radius 1 is 1.35 bits per heavy atom. The summed E-state index contributed by atoms with van der Waals surface area (Å²) in [4.78, 5) is 0. The van der Waals surface area contributed by atoms with E-state index in [1.807, 2.05) is 6.07 Å². The van der Waals surface area contributed by atoms with Gasteiger partial charge in [0, 0.05) is 22.3 Å². The Bertz CT molecular complexity index is 562. The van der Waals surface area contributed by atoms with Crippen LogP contribution < -0.4 is 9.47 Å². The van der Waals surface area contributed by atoms with Crippen molar-refractivity contribution in [3.05, 3.63) is 23.3 Å². The molecule has 0 heterocycles. The Labute approximate surface area is 104 Å². The Kier molecular flexibility index (Phi) is 4.21. The number of ether oxygens (including phenoxy) is 2. The van der Waals surface area contributed by atoms with Gasteiger partial charge in [-0.1, -0.05) is 0 Å². The monoisotopic (exact) mass is 275 g/mol. The first-order valence-corrected chi connectivity index (χ1v) is 6.96. The second kappa shape index (κ2) is 5.25. The van der Waals surface area contributed by atoms with Crippen molar-refractivity contribution < 1.29 is 17.9 Å². The zero-order valence-electron chi connectivity index (χ0n) is 9.23. The Balaban J connectivity index is 3.40. The van der Waals surface area contributed by atoms with Crippen LogP contribution in [-0.4, -0.2) is 22.6 Å². The molecular weight excluding hydrogens is 266 g/mol. The maximum atomic E-state index is 11.1. The fourth-order valence-corrected chi connectivity index (χ4v) is 2.34. The van der Waals surface area contributed by atoms with Gasteiger partial charge < -0.3 is 9.47 Å². The van der Waals surface area contributed by atoms with Crippen LogP contribution in [0.2, 0.25) is 0 Å². The topological polar surface area (TPSA) is 76.4 Å². The standard InChI is InChI=1S/C10H10ClNO4S/c1-15-9-4-7(5-12)3-8(10(9)16-2)6-17(11,13)14/h3-4H,6H2,1-2H3. The van der Waals surface area contributed by atoms with Gasteiger partial charge in [0.05, 0.1) is 31.6 Å². The Morgan fingerprint density at radius 2 is 2.00 bits per heavy atom. The molecule has 92 valence electrons. The highest BCUT2D eigenvalue weighted by molar-refractivity contribution is 8.13. The minimum Gasteiger partial charge on any atom is -0.493 e. The molecule has 0 atom stereocenters. The molecule has 1 aromatic carbocycles. The molecule has 7 heteroatoms. The molecule has 0 aromatic heterocycles. The fraction of sp³-hybridized carbons (Fsp3) is 0.300. The summed E-state index contributed by atoms with van der Waals surface area (Å²) < 4.78 is 32.2. The molecule has 17 heavy (non-hydrogen) atoms. The van der Waals surface area contributed by atoms with E-state index in [1.54, 1.807) is 0 Å². The first kappa shape index (κ1) is 13.6. The quantitative estimate of drug-likeness (QED) is 0.781. The lowest BCUT2D eigenvalue weighted by Gasteiger charge is -2.12. The number of benzene rings is 1. The zero-order valence-corrected chi connectivity index (χ0v) is 10.8. The second-order valence-electron chi connectivity index (χ2n) is 3.17. The first-order valence-electron chi connectivity index (χ1n) is 4.48. The van der Waals surface area contributed by atoms with Gasteiger partial charge in [-0.15, -0.1) is 0 Å². The largest absolute Gasteiger partial charge is 0.493 e. The molecule has 0 amide bonds. The van der Waals surface area contributed by atoms with E-state index >= 15 is 0 Å². The summed E-state index contributed by atoms with van der Waals surface area (Å²) in [6, 6.07) is 4.77. The third-order valence-corrected chi connectivity index (χ3v) is 3.00. The lowest BCUT2D eigenvalue weighted by Crippen LogP contribution is -2.01. The predicted octanol–water partition coefficient (Wildman–Crippen LogP) is 1.64. The Morgan fingerprint density at radius 3 is 2.41 bits per heavy atom. The van der Waals surface area contributed by atoms with Crippen LogP contribution in [-0.2, 0) is 14.8 Å². The van der Waals surface area contributed by atoms with E-state index in [0.717, 1.165) is 0 Å². The van der Waals surface area contributed by atoms with Crippen LogP contribution in [0.25, 0.3) is 0 Å². The van der Waals surface area contributed by atoms with Gasteiger partial charge in [0.1, 0.15) is 0 Å². The minimum absolute atomic E-state index is 0.260. The van der Waals surface area contributed by atoms with Crippen molar-refractivity contribution in [2.24, 2.45) is 0 Å². The number of hydrogen-bond acceptors (Lipinski definition) is 5. The van der Waals surface area contributed by atoms with Crippen molar-refractivity contribution in [2.75, 3.05) is 14.2 Å². The van der Waals surface area contributed by atoms with E-state index in [9.17, 15) is 8.42 Å². The van der Waals surface area contributed by atoms with Crippen LogP contribution in [0.4, 0.5) is 0 Å². The minimum atomic E-state index is -3.73. The van der Waals surface area contributed by atoms with E-state index < -0.39 is 14.8 Å².